The van der Waals surface area contributed by atoms with Crippen LogP contribution in [0.4, 0.5) is 0 Å². The summed E-state index contributed by atoms with van der Waals surface area (Å²) < 4.78 is 0. The van der Waals surface area contributed by atoms with E-state index in [2.05, 4.69) is 42.3 Å². The van der Waals surface area contributed by atoms with Crippen LogP contribution in [0.1, 0.15) is 33.9 Å². The van der Waals surface area contributed by atoms with E-state index in [4.69, 9.17) is 0 Å². The molecular weight excluding hydrogens is 308 g/mol. The van der Waals surface area contributed by atoms with Crippen molar-refractivity contribution in [1.82, 2.24) is 10.3 Å². The van der Waals surface area contributed by atoms with Crippen molar-refractivity contribution in [2.75, 3.05) is 0 Å². The van der Waals surface area contributed by atoms with E-state index < -0.39 is 0 Å². The van der Waals surface area contributed by atoms with Crippen molar-refractivity contribution in [1.29, 1.82) is 0 Å². The van der Waals surface area contributed by atoms with Crippen molar-refractivity contribution in [3.05, 3.63) is 101 Å². The Morgan fingerprint density at radius 1 is 1.04 bits per heavy atom. The summed E-state index contributed by atoms with van der Waals surface area (Å²) in [4.78, 5) is 16.9. The second kappa shape index (κ2) is 7.75. The Morgan fingerprint density at radius 3 is 2.56 bits per heavy atom. The first-order chi connectivity index (χ1) is 12.1. The minimum absolute atomic E-state index is 0.000888. The molecule has 1 atom stereocenters. The minimum Gasteiger partial charge on any atom is -0.345 e. The van der Waals surface area contributed by atoms with Gasteiger partial charge in [0.2, 0.25) is 5.91 Å². The Labute approximate surface area is 148 Å². The van der Waals surface area contributed by atoms with Gasteiger partial charge in [-0.15, -0.1) is 0 Å². The maximum absolute atomic E-state index is 12.6. The molecule has 0 spiro atoms. The zero-order chi connectivity index (χ0) is 17.6. The van der Waals surface area contributed by atoms with Crippen LogP contribution >= 0.6 is 0 Å². The second-order valence-corrected chi connectivity index (χ2v) is 6.31. The molecule has 0 aliphatic rings. The molecule has 2 aromatic carbocycles. The van der Waals surface area contributed by atoms with Gasteiger partial charge in [0.15, 0.2) is 0 Å². The molecule has 25 heavy (non-hydrogen) atoms. The van der Waals surface area contributed by atoms with Gasteiger partial charge in [0.1, 0.15) is 0 Å². The van der Waals surface area contributed by atoms with Crippen LogP contribution in [0.15, 0.2) is 73.1 Å². The van der Waals surface area contributed by atoms with Crippen LogP contribution in [-0.2, 0) is 11.2 Å². The summed E-state index contributed by atoms with van der Waals surface area (Å²) in [5, 5.41) is 3.19. The van der Waals surface area contributed by atoms with Crippen molar-refractivity contribution in [3.63, 3.8) is 0 Å². The monoisotopic (exact) mass is 330 g/mol. The fourth-order valence-electron chi connectivity index (χ4n) is 2.95. The van der Waals surface area contributed by atoms with E-state index in [0.29, 0.717) is 6.42 Å². The second-order valence-electron chi connectivity index (χ2n) is 6.31. The number of pyridine rings is 1. The van der Waals surface area contributed by atoms with Crippen LogP contribution < -0.4 is 5.32 Å². The lowest BCUT2D eigenvalue weighted by atomic mass is 9.94. The first-order valence-electron chi connectivity index (χ1n) is 8.44. The van der Waals surface area contributed by atoms with Crippen LogP contribution in [-0.4, -0.2) is 10.9 Å². The minimum atomic E-state index is -0.204. The van der Waals surface area contributed by atoms with Gasteiger partial charge in [0, 0.05) is 12.4 Å². The van der Waals surface area contributed by atoms with Gasteiger partial charge in [-0.25, -0.2) is 0 Å². The molecule has 0 bridgehead atoms. The van der Waals surface area contributed by atoms with Gasteiger partial charge in [0.25, 0.3) is 0 Å². The molecule has 126 valence electrons. The number of nitrogens with one attached hydrogen (secondary N) is 1. The number of rotatable bonds is 5. The van der Waals surface area contributed by atoms with E-state index in [1.807, 2.05) is 48.7 Å². The molecule has 0 unspecified atom stereocenters. The number of carbonyl (C=O) groups is 1. The Balaban J connectivity index is 1.89. The zero-order valence-corrected chi connectivity index (χ0v) is 14.6. The van der Waals surface area contributed by atoms with Gasteiger partial charge in [-0.05, 0) is 42.2 Å². The average Bonchev–Trinajstić information content (AvgIpc) is 2.63. The van der Waals surface area contributed by atoms with Gasteiger partial charge in [0.05, 0.1) is 12.5 Å². The Hall–Kier alpha value is -2.94. The Kier molecular flexibility index (Phi) is 5.24. The van der Waals surface area contributed by atoms with Crippen molar-refractivity contribution < 1.29 is 4.79 Å². The highest BCUT2D eigenvalue weighted by Gasteiger charge is 2.19. The largest absolute Gasteiger partial charge is 0.345 e. The van der Waals surface area contributed by atoms with Gasteiger partial charge >= 0.3 is 0 Å². The topological polar surface area (TPSA) is 42.0 Å². The van der Waals surface area contributed by atoms with E-state index in [1.54, 1.807) is 6.20 Å². The van der Waals surface area contributed by atoms with Crippen molar-refractivity contribution in [2.45, 2.75) is 26.3 Å². The summed E-state index contributed by atoms with van der Waals surface area (Å²) in [6.07, 6.45) is 3.92. The summed E-state index contributed by atoms with van der Waals surface area (Å²) >= 11 is 0. The number of carbonyl (C=O) groups excluding carboxylic acids is 1. The molecule has 3 nitrogen and oxygen atoms in total. The maximum Gasteiger partial charge on any atom is 0.225 e. The highest BCUT2D eigenvalue weighted by molar-refractivity contribution is 5.79. The fraction of sp³-hybridized carbons (Fsp3) is 0.182. The molecule has 0 saturated carbocycles. The molecule has 1 heterocycles. The van der Waals surface area contributed by atoms with Crippen LogP contribution in [0.3, 0.4) is 0 Å². The van der Waals surface area contributed by atoms with Crippen molar-refractivity contribution in [3.8, 4) is 0 Å². The Bertz CT molecular complexity index is 844. The quantitative estimate of drug-likeness (QED) is 0.764. The standard InChI is InChI=1S/C22H22N2O/c1-16-10-11-17(2)20(13-16)22(19-9-6-12-23-15-19)24-21(25)14-18-7-4-3-5-8-18/h3-13,15,22H,14H2,1-2H3,(H,24,25)/t22-/m0/s1. The highest BCUT2D eigenvalue weighted by Crippen LogP contribution is 2.25. The van der Waals surface area contributed by atoms with Crippen LogP contribution in [0.25, 0.3) is 0 Å². The zero-order valence-electron chi connectivity index (χ0n) is 14.6. The van der Waals surface area contributed by atoms with E-state index in [1.165, 1.54) is 5.56 Å². The summed E-state index contributed by atoms with van der Waals surface area (Å²) in [7, 11) is 0. The third-order valence-electron chi connectivity index (χ3n) is 4.28. The van der Waals surface area contributed by atoms with Crippen molar-refractivity contribution in [2.24, 2.45) is 0 Å². The smallest absolute Gasteiger partial charge is 0.225 e. The molecule has 3 aromatic rings. The molecule has 0 aliphatic carbocycles. The first-order valence-corrected chi connectivity index (χ1v) is 8.44. The number of aryl methyl sites for hydroxylation is 2. The highest BCUT2D eigenvalue weighted by atomic mass is 16.1. The number of benzene rings is 2. The molecule has 1 amide bonds. The van der Waals surface area contributed by atoms with Crippen LogP contribution in [0.5, 0.6) is 0 Å². The van der Waals surface area contributed by atoms with E-state index in [0.717, 1.165) is 22.3 Å². The lowest BCUT2D eigenvalue weighted by Gasteiger charge is -2.22. The van der Waals surface area contributed by atoms with Gasteiger partial charge in [-0.1, -0.05) is 60.2 Å². The van der Waals surface area contributed by atoms with E-state index >= 15 is 0 Å². The normalized spacial score (nSPS) is 11.8. The van der Waals surface area contributed by atoms with Crippen molar-refractivity contribution >= 4 is 5.91 Å². The third-order valence-corrected chi connectivity index (χ3v) is 4.28. The summed E-state index contributed by atoms with van der Waals surface area (Å²) in [6, 6.07) is 19.8. The number of hydrogen-bond acceptors (Lipinski definition) is 2. The molecule has 1 aromatic heterocycles. The average molecular weight is 330 g/mol. The molecule has 0 saturated heterocycles. The lowest BCUT2D eigenvalue weighted by Crippen LogP contribution is -2.31. The van der Waals surface area contributed by atoms with E-state index in [9.17, 15) is 4.79 Å². The van der Waals surface area contributed by atoms with Gasteiger partial charge < -0.3 is 5.32 Å². The maximum atomic E-state index is 12.6. The summed E-state index contributed by atoms with van der Waals surface area (Å²) in [5.74, 6) is 0.000888. The molecule has 3 heteroatoms. The number of aromatic nitrogens is 1. The SMILES string of the molecule is Cc1ccc(C)c([C@@H](NC(=O)Cc2ccccc2)c2cccnc2)c1. The lowest BCUT2D eigenvalue weighted by molar-refractivity contribution is -0.120. The van der Waals surface area contributed by atoms with Crippen LogP contribution in [0, 0.1) is 13.8 Å². The predicted octanol–water partition coefficient (Wildman–Crippen LogP) is 4.15. The fourth-order valence-corrected chi connectivity index (χ4v) is 2.95. The molecule has 0 radical (unpaired) electrons. The first kappa shape index (κ1) is 16.9. The summed E-state index contributed by atoms with van der Waals surface area (Å²) in [6.45, 7) is 4.14. The molecule has 1 N–H and O–H groups in total. The molecular formula is C22H22N2O. The van der Waals surface area contributed by atoms with Crippen LogP contribution in [0.2, 0.25) is 0 Å². The molecule has 3 rings (SSSR count). The summed E-state index contributed by atoms with van der Waals surface area (Å²) in [5.41, 5.74) is 5.42. The van der Waals surface area contributed by atoms with Gasteiger partial charge in [-0.3, -0.25) is 9.78 Å². The Morgan fingerprint density at radius 2 is 1.84 bits per heavy atom. The number of hydrogen-bond donors (Lipinski definition) is 1. The predicted molar refractivity (Wildman–Crippen MR) is 100 cm³/mol. The number of amides is 1. The van der Waals surface area contributed by atoms with E-state index in [-0.39, 0.29) is 11.9 Å². The number of nitrogens with zero attached hydrogens (tertiary/aromatic N) is 1. The van der Waals surface area contributed by atoms with Gasteiger partial charge in [-0.2, -0.15) is 0 Å². The molecule has 0 fully saturated rings. The third kappa shape index (κ3) is 4.32. The molecule has 0 aliphatic heterocycles.